The molecule has 2 bridgehead atoms. The van der Waals surface area contributed by atoms with Gasteiger partial charge in [-0.3, -0.25) is 0 Å². The first-order valence-electron chi connectivity index (χ1n) is 8.92. The standard InChI is InChI=1S/C20H31OSe/c1-4-5-13-22(17-9-7-6-8-10-17)15-20-12-11-16(14-18(20)21)19(20,2)3/h6-10,16,18,21H,4-5,11-15H2,1-3H3/q+1/t16-,18-,20-,22?/m1/s1. The van der Waals surface area contributed by atoms with Crippen molar-refractivity contribution in [3.05, 3.63) is 30.3 Å². The van der Waals surface area contributed by atoms with E-state index in [4.69, 9.17) is 0 Å². The quantitative estimate of drug-likeness (QED) is 0.741. The maximum absolute atomic E-state index is 10.8. The molecule has 2 saturated carbocycles. The van der Waals surface area contributed by atoms with E-state index in [2.05, 4.69) is 51.1 Å². The minimum absolute atomic E-state index is 0.0576. The van der Waals surface area contributed by atoms with E-state index in [0.29, 0.717) is 5.41 Å². The van der Waals surface area contributed by atoms with Crippen molar-refractivity contribution in [2.24, 2.45) is 16.7 Å². The van der Waals surface area contributed by atoms with E-state index < -0.39 is 13.9 Å². The fourth-order valence-corrected chi connectivity index (χ4v) is 11.3. The molecule has 0 amide bonds. The third-order valence-electron chi connectivity index (χ3n) is 6.64. The summed E-state index contributed by atoms with van der Waals surface area (Å²) in [6, 6.07) is 11.2. The molecule has 0 spiro atoms. The molecule has 4 atom stereocenters. The Bertz CT molecular complexity index is 498. The van der Waals surface area contributed by atoms with Crippen molar-refractivity contribution in [1.29, 1.82) is 0 Å². The van der Waals surface area contributed by atoms with Crippen LogP contribution in [-0.4, -0.2) is 25.1 Å². The molecular weight excluding hydrogens is 335 g/mol. The van der Waals surface area contributed by atoms with Crippen molar-refractivity contribution < 1.29 is 5.11 Å². The minimum atomic E-state index is -0.841. The van der Waals surface area contributed by atoms with Crippen LogP contribution >= 0.6 is 0 Å². The van der Waals surface area contributed by atoms with Crippen molar-refractivity contribution in [2.75, 3.05) is 0 Å². The average Bonchev–Trinajstić information content (AvgIpc) is 2.86. The van der Waals surface area contributed by atoms with Crippen LogP contribution in [0.5, 0.6) is 0 Å². The molecule has 122 valence electrons. The third-order valence-corrected chi connectivity index (χ3v) is 12.1. The first-order chi connectivity index (χ1) is 10.5. The van der Waals surface area contributed by atoms with Crippen molar-refractivity contribution >= 4 is 18.4 Å². The van der Waals surface area contributed by atoms with Crippen LogP contribution in [-0.2, 0) is 0 Å². The number of hydrogen-bond acceptors (Lipinski definition) is 1. The number of benzene rings is 1. The molecule has 0 aliphatic heterocycles. The normalized spacial score (nSPS) is 34.0. The van der Waals surface area contributed by atoms with Gasteiger partial charge >= 0.3 is 140 Å². The number of fused-ring (bicyclic) bond motifs is 2. The summed E-state index contributed by atoms with van der Waals surface area (Å²) >= 11 is -0.841. The van der Waals surface area contributed by atoms with Gasteiger partial charge in [0.1, 0.15) is 0 Å². The fourth-order valence-electron chi connectivity index (χ4n) is 4.90. The van der Waals surface area contributed by atoms with E-state index in [1.54, 1.807) is 4.46 Å². The van der Waals surface area contributed by atoms with Gasteiger partial charge in [-0.25, -0.2) is 0 Å². The van der Waals surface area contributed by atoms with Crippen LogP contribution in [0.1, 0.15) is 52.9 Å². The number of aliphatic hydroxyl groups is 1. The summed E-state index contributed by atoms with van der Waals surface area (Å²) < 4.78 is 1.60. The predicted molar refractivity (Wildman–Crippen MR) is 95.9 cm³/mol. The SMILES string of the molecule is CCCC[Se+](C[C@]12CC[C@H](C[C@H]1O)C2(C)C)c1ccccc1. The second kappa shape index (κ2) is 6.30. The summed E-state index contributed by atoms with van der Waals surface area (Å²) in [4.78, 5) is 0. The summed E-state index contributed by atoms with van der Waals surface area (Å²) in [5.74, 6) is 0.747. The van der Waals surface area contributed by atoms with Gasteiger partial charge in [0.25, 0.3) is 0 Å². The number of rotatable bonds is 6. The zero-order chi connectivity index (χ0) is 15.8. The van der Waals surface area contributed by atoms with Crippen LogP contribution in [0.15, 0.2) is 30.3 Å². The van der Waals surface area contributed by atoms with Gasteiger partial charge in [0, 0.05) is 0 Å². The molecule has 0 saturated heterocycles. The number of hydrogen-bond donors (Lipinski definition) is 1. The van der Waals surface area contributed by atoms with Gasteiger partial charge < -0.3 is 0 Å². The van der Waals surface area contributed by atoms with Crippen molar-refractivity contribution in [1.82, 2.24) is 0 Å². The molecule has 2 aliphatic rings. The molecule has 0 aromatic heterocycles. The molecule has 1 aromatic rings. The fraction of sp³-hybridized carbons (Fsp3) is 0.700. The molecule has 0 heterocycles. The zero-order valence-corrected chi connectivity index (χ0v) is 16.1. The molecule has 2 aliphatic carbocycles. The van der Waals surface area contributed by atoms with Crippen LogP contribution in [0.3, 0.4) is 0 Å². The second-order valence-corrected chi connectivity index (χ2v) is 12.4. The van der Waals surface area contributed by atoms with E-state index in [-0.39, 0.29) is 11.5 Å². The molecule has 1 N–H and O–H groups in total. The molecule has 3 rings (SSSR count). The van der Waals surface area contributed by atoms with Crippen molar-refractivity contribution in [2.45, 2.75) is 69.6 Å². The van der Waals surface area contributed by atoms with Gasteiger partial charge in [0.2, 0.25) is 0 Å². The van der Waals surface area contributed by atoms with Crippen molar-refractivity contribution in [3.63, 3.8) is 0 Å². The summed E-state index contributed by atoms with van der Waals surface area (Å²) in [5, 5.41) is 13.5. The molecule has 0 radical (unpaired) electrons. The van der Waals surface area contributed by atoms with Gasteiger partial charge in [-0.1, -0.05) is 0 Å². The summed E-state index contributed by atoms with van der Waals surface area (Å²) in [5.41, 5.74) is 0.529. The molecule has 22 heavy (non-hydrogen) atoms. The van der Waals surface area contributed by atoms with Crippen LogP contribution in [0, 0.1) is 16.7 Å². The first-order valence-corrected chi connectivity index (χ1v) is 12.2. The Morgan fingerprint density at radius 1 is 1.23 bits per heavy atom. The average molecular weight is 366 g/mol. The Labute approximate surface area is 140 Å². The monoisotopic (exact) mass is 367 g/mol. The maximum atomic E-state index is 10.8. The van der Waals surface area contributed by atoms with Gasteiger partial charge in [-0.05, 0) is 0 Å². The predicted octanol–water partition coefficient (Wildman–Crippen LogP) is 4.38. The van der Waals surface area contributed by atoms with E-state index in [9.17, 15) is 5.11 Å². The first kappa shape index (κ1) is 16.6. The molecular formula is C20H31OSe+. The molecule has 1 nitrogen and oxygen atoms in total. The Hall–Kier alpha value is -0.301. The Morgan fingerprint density at radius 2 is 1.95 bits per heavy atom. The van der Waals surface area contributed by atoms with Gasteiger partial charge in [0.15, 0.2) is 0 Å². The van der Waals surface area contributed by atoms with Crippen LogP contribution in [0.2, 0.25) is 10.6 Å². The van der Waals surface area contributed by atoms with Crippen LogP contribution in [0.25, 0.3) is 0 Å². The summed E-state index contributed by atoms with van der Waals surface area (Å²) in [7, 11) is 0. The van der Waals surface area contributed by atoms with E-state index in [0.717, 1.165) is 12.3 Å². The van der Waals surface area contributed by atoms with Gasteiger partial charge in [-0.15, -0.1) is 0 Å². The third kappa shape index (κ3) is 2.58. The van der Waals surface area contributed by atoms with Gasteiger partial charge in [-0.2, -0.15) is 0 Å². The van der Waals surface area contributed by atoms with Crippen LogP contribution < -0.4 is 4.46 Å². The molecule has 1 unspecified atom stereocenters. The molecule has 2 heteroatoms. The van der Waals surface area contributed by atoms with Crippen LogP contribution in [0.4, 0.5) is 0 Å². The van der Waals surface area contributed by atoms with E-state index in [1.165, 1.54) is 36.3 Å². The Morgan fingerprint density at radius 3 is 2.50 bits per heavy atom. The van der Waals surface area contributed by atoms with E-state index >= 15 is 0 Å². The molecule has 1 aromatic carbocycles. The topological polar surface area (TPSA) is 20.2 Å². The van der Waals surface area contributed by atoms with E-state index in [1.807, 2.05) is 0 Å². The summed E-state index contributed by atoms with van der Waals surface area (Å²) in [6.45, 7) is 7.18. The zero-order valence-electron chi connectivity index (χ0n) is 14.3. The van der Waals surface area contributed by atoms with Gasteiger partial charge in [0.05, 0.1) is 0 Å². The number of unbranched alkanes of at least 4 members (excludes halogenated alkanes) is 1. The Balaban J connectivity index is 1.87. The summed E-state index contributed by atoms with van der Waals surface area (Å²) in [6.07, 6.45) is 6.22. The Kier molecular flexibility index (Phi) is 4.74. The molecule has 2 fully saturated rings. The number of aliphatic hydroxyl groups excluding tert-OH is 1. The second-order valence-electron chi connectivity index (χ2n) is 7.87. The van der Waals surface area contributed by atoms with Crippen molar-refractivity contribution in [3.8, 4) is 0 Å².